The van der Waals surface area contributed by atoms with E-state index in [9.17, 15) is 9.18 Å². The van der Waals surface area contributed by atoms with E-state index in [2.05, 4.69) is 19.2 Å². The number of para-hydroxylation sites is 1. The van der Waals surface area contributed by atoms with E-state index >= 15 is 0 Å². The van der Waals surface area contributed by atoms with E-state index < -0.39 is 5.82 Å². The standard InChI is InChI=1S/C18H20FNO/c1-11(2)15-7-5-6-13(4)17(15)20-18(21)16-10-14(19)9-8-12(16)3/h5-11H,1-4H3,(H,20,21). The fourth-order valence-electron chi connectivity index (χ4n) is 2.36. The largest absolute Gasteiger partial charge is 0.321 e. The highest BCUT2D eigenvalue weighted by Gasteiger charge is 2.15. The number of rotatable bonds is 3. The zero-order valence-electron chi connectivity index (χ0n) is 12.8. The van der Waals surface area contributed by atoms with Crippen LogP contribution in [0.2, 0.25) is 0 Å². The van der Waals surface area contributed by atoms with Crippen molar-refractivity contribution in [2.24, 2.45) is 0 Å². The summed E-state index contributed by atoms with van der Waals surface area (Å²) in [4.78, 5) is 12.4. The summed E-state index contributed by atoms with van der Waals surface area (Å²) in [6.07, 6.45) is 0. The van der Waals surface area contributed by atoms with Gasteiger partial charge in [-0.1, -0.05) is 38.1 Å². The van der Waals surface area contributed by atoms with Gasteiger partial charge in [0.05, 0.1) is 0 Å². The van der Waals surface area contributed by atoms with Gasteiger partial charge < -0.3 is 5.32 Å². The molecule has 0 atom stereocenters. The van der Waals surface area contributed by atoms with Crippen LogP contribution in [0.15, 0.2) is 36.4 Å². The maximum atomic E-state index is 13.4. The predicted octanol–water partition coefficient (Wildman–Crippen LogP) is 4.82. The third-order valence-electron chi connectivity index (χ3n) is 3.61. The van der Waals surface area contributed by atoms with Crippen LogP contribution in [0, 0.1) is 19.7 Å². The number of hydrogen-bond donors (Lipinski definition) is 1. The fourth-order valence-corrected chi connectivity index (χ4v) is 2.36. The molecule has 0 heterocycles. The van der Waals surface area contributed by atoms with E-state index in [4.69, 9.17) is 0 Å². The summed E-state index contributed by atoms with van der Waals surface area (Å²) in [6, 6.07) is 10.2. The first kappa shape index (κ1) is 15.2. The van der Waals surface area contributed by atoms with Crippen molar-refractivity contribution in [2.45, 2.75) is 33.6 Å². The molecular weight excluding hydrogens is 265 g/mol. The third kappa shape index (κ3) is 3.30. The summed E-state index contributed by atoms with van der Waals surface area (Å²) in [5, 5.41) is 2.94. The van der Waals surface area contributed by atoms with E-state index in [0.29, 0.717) is 11.5 Å². The molecule has 2 nitrogen and oxygen atoms in total. The number of aryl methyl sites for hydroxylation is 2. The van der Waals surface area contributed by atoms with Crippen LogP contribution >= 0.6 is 0 Å². The second-order valence-electron chi connectivity index (χ2n) is 5.61. The molecule has 0 aliphatic carbocycles. The fraction of sp³-hybridized carbons (Fsp3) is 0.278. The van der Waals surface area contributed by atoms with Crippen LogP contribution in [-0.4, -0.2) is 5.91 Å². The number of halogens is 1. The maximum absolute atomic E-state index is 13.4. The molecule has 1 amide bonds. The van der Waals surface area contributed by atoms with Gasteiger partial charge in [0.15, 0.2) is 0 Å². The topological polar surface area (TPSA) is 29.1 Å². The highest BCUT2D eigenvalue weighted by Crippen LogP contribution is 2.28. The lowest BCUT2D eigenvalue weighted by atomic mass is 9.97. The molecule has 0 saturated carbocycles. The molecule has 0 fully saturated rings. The van der Waals surface area contributed by atoms with E-state index in [1.807, 2.05) is 25.1 Å². The van der Waals surface area contributed by atoms with Crippen molar-refractivity contribution >= 4 is 11.6 Å². The molecule has 1 N–H and O–H groups in total. The first-order valence-electron chi connectivity index (χ1n) is 7.07. The molecule has 2 rings (SSSR count). The van der Waals surface area contributed by atoms with Crippen LogP contribution < -0.4 is 5.32 Å². The Morgan fingerprint density at radius 2 is 1.81 bits per heavy atom. The Hall–Kier alpha value is -2.16. The minimum atomic E-state index is -0.403. The van der Waals surface area contributed by atoms with Crippen LogP contribution in [0.1, 0.15) is 46.8 Å². The summed E-state index contributed by atoms with van der Waals surface area (Å²) in [5.41, 5.74) is 4.03. The molecule has 2 aromatic rings. The summed E-state index contributed by atoms with van der Waals surface area (Å²) in [7, 11) is 0. The molecule has 0 aromatic heterocycles. The van der Waals surface area contributed by atoms with Gasteiger partial charge in [-0.05, 0) is 48.6 Å². The van der Waals surface area contributed by atoms with E-state index in [0.717, 1.165) is 22.4 Å². The Balaban J connectivity index is 2.38. The monoisotopic (exact) mass is 285 g/mol. The van der Waals surface area contributed by atoms with E-state index in [1.165, 1.54) is 12.1 Å². The Morgan fingerprint density at radius 3 is 2.48 bits per heavy atom. The van der Waals surface area contributed by atoms with Crippen LogP contribution in [0.25, 0.3) is 0 Å². The van der Waals surface area contributed by atoms with Crippen molar-refractivity contribution in [2.75, 3.05) is 5.32 Å². The highest BCUT2D eigenvalue weighted by atomic mass is 19.1. The maximum Gasteiger partial charge on any atom is 0.256 e. The van der Waals surface area contributed by atoms with Crippen molar-refractivity contribution in [1.29, 1.82) is 0 Å². The number of hydrogen-bond acceptors (Lipinski definition) is 1. The normalized spacial score (nSPS) is 10.8. The molecule has 0 radical (unpaired) electrons. The summed E-state index contributed by atoms with van der Waals surface area (Å²) < 4.78 is 13.4. The van der Waals surface area contributed by atoms with Crippen molar-refractivity contribution in [3.05, 3.63) is 64.5 Å². The second-order valence-corrected chi connectivity index (χ2v) is 5.61. The van der Waals surface area contributed by atoms with Crippen LogP contribution in [0.3, 0.4) is 0 Å². The average Bonchev–Trinajstić information content (AvgIpc) is 2.43. The zero-order chi connectivity index (χ0) is 15.6. The lowest BCUT2D eigenvalue weighted by Gasteiger charge is -2.17. The van der Waals surface area contributed by atoms with Gasteiger partial charge in [0.25, 0.3) is 5.91 Å². The minimum Gasteiger partial charge on any atom is -0.321 e. The molecule has 21 heavy (non-hydrogen) atoms. The molecule has 110 valence electrons. The third-order valence-corrected chi connectivity index (χ3v) is 3.61. The van der Waals surface area contributed by atoms with Gasteiger partial charge in [0.1, 0.15) is 5.82 Å². The smallest absolute Gasteiger partial charge is 0.256 e. The Morgan fingerprint density at radius 1 is 1.10 bits per heavy atom. The van der Waals surface area contributed by atoms with E-state index in [-0.39, 0.29) is 5.91 Å². The number of carbonyl (C=O) groups excluding carboxylic acids is 1. The number of nitrogens with one attached hydrogen (secondary N) is 1. The molecule has 0 saturated heterocycles. The number of carbonyl (C=O) groups is 1. The molecule has 0 aliphatic heterocycles. The lowest BCUT2D eigenvalue weighted by molar-refractivity contribution is 0.102. The van der Waals surface area contributed by atoms with Crippen LogP contribution in [-0.2, 0) is 0 Å². The molecular formula is C18H20FNO. The first-order chi connectivity index (χ1) is 9.90. The number of benzene rings is 2. The lowest BCUT2D eigenvalue weighted by Crippen LogP contribution is -2.16. The van der Waals surface area contributed by atoms with Gasteiger partial charge >= 0.3 is 0 Å². The van der Waals surface area contributed by atoms with Crippen molar-refractivity contribution < 1.29 is 9.18 Å². The second kappa shape index (κ2) is 6.08. The van der Waals surface area contributed by atoms with Gasteiger partial charge in [-0.2, -0.15) is 0 Å². The average molecular weight is 285 g/mol. The van der Waals surface area contributed by atoms with Gasteiger partial charge in [-0.15, -0.1) is 0 Å². The number of amides is 1. The van der Waals surface area contributed by atoms with Gasteiger partial charge in [0.2, 0.25) is 0 Å². The SMILES string of the molecule is Cc1ccc(F)cc1C(=O)Nc1c(C)cccc1C(C)C. The Labute approximate surface area is 125 Å². The van der Waals surface area contributed by atoms with Crippen LogP contribution in [0.4, 0.5) is 10.1 Å². The summed E-state index contributed by atoms with van der Waals surface area (Å²) >= 11 is 0. The zero-order valence-corrected chi connectivity index (χ0v) is 12.8. The predicted molar refractivity (Wildman–Crippen MR) is 84.4 cm³/mol. The van der Waals surface area contributed by atoms with Gasteiger partial charge in [-0.3, -0.25) is 4.79 Å². The molecule has 0 aliphatic rings. The van der Waals surface area contributed by atoms with E-state index in [1.54, 1.807) is 13.0 Å². The molecule has 0 bridgehead atoms. The quantitative estimate of drug-likeness (QED) is 0.860. The van der Waals surface area contributed by atoms with Crippen molar-refractivity contribution in [1.82, 2.24) is 0 Å². The minimum absolute atomic E-state index is 0.275. The van der Waals surface area contributed by atoms with Crippen molar-refractivity contribution in [3.63, 3.8) is 0 Å². The molecule has 0 unspecified atom stereocenters. The summed E-state index contributed by atoms with van der Waals surface area (Å²) in [5.74, 6) is -0.378. The number of anilines is 1. The van der Waals surface area contributed by atoms with Crippen LogP contribution in [0.5, 0.6) is 0 Å². The van der Waals surface area contributed by atoms with Gasteiger partial charge in [-0.25, -0.2) is 4.39 Å². The summed E-state index contributed by atoms with van der Waals surface area (Å²) in [6.45, 7) is 7.92. The Kier molecular flexibility index (Phi) is 4.41. The molecule has 2 aromatic carbocycles. The van der Waals surface area contributed by atoms with Crippen molar-refractivity contribution in [3.8, 4) is 0 Å². The van der Waals surface area contributed by atoms with Gasteiger partial charge in [0, 0.05) is 11.3 Å². The highest BCUT2D eigenvalue weighted by molar-refractivity contribution is 6.06. The molecule has 3 heteroatoms. The Bertz CT molecular complexity index is 677. The first-order valence-corrected chi connectivity index (χ1v) is 7.07. The molecule has 0 spiro atoms.